The highest BCUT2D eigenvalue weighted by molar-refractivity contribution is 6.21. The third-order valence-electron chi connectivity index (χ3n) is 5.91. The molecule has 3 heterocycles. The molecule has 0 spiro atoms. The fraction of sp³-hybridized carbons (Fsp3) is 0.154. The Labute approximate surface area is 205 Å². The summed E-state index contributed by atoms with van der Waals surface area (Å²) in [6.45, 7) is 1.94. The lowest BCUT2D eigenvalue weighted by Crippen LogP contribution is -2.24. The number of carbonyl (C=O) groups is 4. The Kier molecular flexibility index (Phi) is 5.77. The molecule has 1 aliphatic heterocycles. The minimum absolute atomic E-state index is 0.206. The van der Waals surface area contributed by atoms with E-state index in [1.807, 2.05) is 37.3 Å². The van der Waals surface area contributed by atoms with Crippen molar-refractivity contribution in [2.45, 2.75) is 13.5 Å². The number of carbonyl (C=O) groups excluding carboxylic acids is 4. The van der Waals surface area contributed by atoms with Crippen LogP contribution in [0.25, 0.3) is 22.3 Å². The summed E-state index contributed by atoms with van der Waals surface area (Å²) in [6, 6.07) is 15.5. The Morgan fingerprint density at radius 1 is 1.00 bits per heavy atom. The molecule has 10 nitrogen and oxygen atoms in total. The fourth-order valence-corrected chi connectivity index (χ4v) is 4.05. The molecule has 0 saturated carbocycles. The summed E-state index contributed by atoms with van der Waals surface area (Å²) in [6.07, 6.45) is 1.55. The predicted octanol–water partition coefficient (Wildman–Crippen LogP) is 3.14. The molecule has 2 aromatic heterocycles. The summed E-state index contributed by atoms with van der Waals surface area (Å²) in [5.74, 6) is -2.12. The smallest absolute Gasteiger partial charge is 0.339 e. The SMILES string of the molecule is CCn1ncc2c(C(=O)OCC(=O)Nc3ccc4c(c3)C(=O)N(C)C4=O)cc(-c3ccccc3)nc21. The maximum absolute atomic E-state index is 13.0. The number of nitrogens with one attached hydrogen (secondary N) is 1. The number of aromatic nitrogens is 3. The third kappa shape index (κ3) is 3.98. The number of amides is 3. The summed E-state index contributed by atoms with van der Waals surface area (Å²) in [5.41, 5.74) is 2.98. The van der Waals surface area contributed by atoms with Gasteiger partial charge in [-0.3, -0.25) is 19.3 Å². The van der Waals surface area contributed by atoms with Crippen molar-refractivity contribution in [3.8, 4) is 11.3 Å². The van der Waals surface area contributed by atoms with Crippen LogP contribution in [0.4, 0.5) is 5.69 Å². The van der Waals surface area contributed by atoms with Crippen LogP contribution in [0.3, 0.4) is 0 Å². The van der Waals surface area contributed by atoms with Gasteiger partial charge in [-0.1, -0.05) is 30.3 Å². The van der Waals surface area contributed by atoms with Gasteiger partial charge in [0.1, 0.15) is 0 Å². The third-order valence-corrected chi connectivity index (χ3v) is 5.91. The van der Waals surface area contributed by atoms with Crippen LogP contribution in [0.15, 0.2) is 60.8 Å². The predicted molar refractivity (Wildman–Crippen MR) is 130 cm³/mol. The monoisotopic (exact) mass is 483 g/mol. The summed E-state index contributed by atoms with van der Waals surface area (Å²) in [4.78, 5) is 55.4. The molecule has 0 atom stereocenters. The van der Waals surface area contributed by atoms with Gasteiger partial charge in [-0.2, -0.15) is 5.10 Å². The average Bonchev–Trinajstić information content (AvgIpc) is 3.41. The zero-order valence-electron chi connectivity index (χ0n) is 19.5. The standard InChI is InChI=1S/C26H21N5O5/c1-3-31-23-20(13-27-31)19(12-21(29-23)15-7-5-4-6-8-15)26(35)36-14-22(32)28-16-9-10-17-18(11-16)25(34)30(2)24(17)33/h4-13H,3,14H2,1-2H3,(H,28,32). The number of aryl methyl sites for hydroxylation is 1. The molecule has 0 saturated heterocycles. The Balaban J connectivity index is 1.34. The summed E-state index contributed by atoms with van der Waals surface area (Å²) >= 11 is 0. The van der Waals surface area contributed by atoms with Crippen LogP contribution in [0.2, 0.25) is 0 Å². The molecule has 2 aromatic carbocycles. The van der Waals surface area contributed by atoms with Gasteiger partial charge in [-0.15, -0.1) is 0 Å². The Bertz CT molecular complexity index is 1540. The van der Waals surface area contributed by atoms with Crippen LogP contribution >= 0.6 is 0 Å². The van der Waals surface area contributed by atoms with Crippen LogP contribution in [-0.4, -0.2) is 57.0 Å². The quantitative estimate of drug-likeness (QED) is 0.330. The van der Waals surface area contributed by atoms with Crippen molar-refractivity contribution in [2.24, 2.45) is 0 Å². The van der Waals surface area contributed by atoms with Crippen molar-refractivity contribution >= 4 is 40.4 Å². The minimum Gasteiger partial charge on any atom is -0.452 e. The van der Waals surface area contributed by atoms with E-state index in [1.165, 1.54) is 25.2 Å². The molecule has 0 bridgehead atoms. The molecular weight excluding hydrogens is 462 g/mol. The van der Waals surface area contributed by atoms with Crippen molar-refractivity contribution in [1.29, 1.82) is 0 Å². The lowest BCUT2D eigenvalue weighted by Gasteiger charge is -2.10. The molecule has 0 fully saturated rings. The lowest BCUT2D eigenvalue weighted by molar-refractivity contribution is -0.119. The topological polar surface area (TPSA) is 123 Å². The highest BCUT2D eigenvalue weighted by Crippen LogP contribution is 2.26. The second-order valence-corrected chi connectivity index (χ2v) is 8.17. The van der Waals surface area contributed by atoms with E-state index < -0.39 is 30.3 Å². The van der Waals surface area contributed by atoms with E-state index in [0.29, 0.717) is 29.0 Å². The summed E-state index contributed by atoms with van der Waals surface area (Å²) < 4.78 is 6.99. The van der Waals surface area contributed by atoms with Gasteiger partial charge >= 0.3 is 5.97 Å². The van der Waals surface area contributed by atoms with E-state index in [0.717, 1.165) is 10.5 Å². The van der Waals surface area contributed by atoms with Crippen LogP contribution < -0.4 is 5.32 Å². The molecule has 0 aliphatic carbocycles. The molecule has 180 valence electrons. The largest absolute Gasteiger partial charge is 0.452 e. The van der Waals surface area contributed by atoms with Gasteiger partial charge < -0.3 is 10.1 Å². The second kappa shape index (κ2) is 9.06. The average molecular weight is 483 g/mol. The second-order valence-electron chi connectivity index (χ2n) is 8.17. The number of anilines is 1. The maximum Gasteiger partial charge on any atom is 0.339 e. The van der Waals surface area contributed by atoms with Crippen molar-refractivity contribution < 1.29 is 23.9 Å². The van der Waals surface area contributed by atoms with Gasteiger partial charge in [0.05, 0.1) is 34.0 Å². The first-order chi connectivity index (χ1) is 17.4. The van der Waals surface area contributed by atoms with Crippen LogP contribution in [0, 0.1) is 0 Å². The summed E-state index contributed by atoms with van der Waals surface area (Å²) in [5, 5.41) is 7.41. The van der Waals surface area contributed by atoms with Crippen LogP contribution in [-0.2, 0) is 16.1 Å². The molecule has 3 amide bonds. The number of fused-ring (bicyclic) bond motifs is 2. The highest BCUT2D eigenvalue weighted by atomic mass is 16.5. The molecule has 4 aromatic rings. The number of hydrogen-bond acceptors (Lipinski definition) is 7. The number of benzene rings is 2. The summed E-state index contributed by atoms with van der Waals surface area (Å²) in [7, 11) is 1.39. The van der Waals surface area contributed by atoms with E-state index in [2.05, 4.69) is 15.4 Å². The van der Waals surface area contributed by atoms with E-state index in [9.17, 15) is 19.2 Å². The molecule has 1 N–H and O–H groups in total. The normalized spacial score (nSPS) is 12.7. The van der Waals surface area contributed by atoms with Gasteiger partial charge in [0.2, 0.25) is 0 Å². The van der Waals surface area contributed by atoms with Crippen molar-refractivity contribution in [3.05, 3.63) is 77.5 Å². The number of rotatable bonds is 6. The number of esters is 1. The van der Waals surface area contributed by atoms with Gasteiger partial charge in [0.15, 0.2) is 12.3 Å². The zero-order valence-corrected chi connectivity index (χ0v) is 19.5. The first-order valence-corrected chi connectivity index (χ1v) is 11.2. The maximum atomic E-state index is 13.0. The first-order valence-electron chi connectivity index (χ1n) is 11.2. The Hall–Kier alpha value is -4.86. The van der Waals surface area contributed by atoms with Crippen molar-refractivity contribution in [2.75, 3.05) is 19.0 Å². The van der Waals surface area contributed by atoms with Gasteiger partial charge in [0.25, 0.3) is 17.7 Å². The number of nitrogens with zero attached hydrogens (tertiary/aromatic N) is 4. The zero-order chi connectivity index (χ0) is 25.4. The number of ether oxygens (including phenoxy) is 1. The Morgan fingerprint density at radius 2 is 1.75 bits per heavy atom. The van der Waals surface area contributed by atoms with Gasteiger partial charge in [0, 0.05) is 24.8 Å². The molecule has 0 unspecified atom stereocenters. The van der Waals surface area contributed by atoms with Crippen LogP contribution in [0.5, 0.6) is 0 Å². The molecular formula is C26H21N5O5. The fourth-order valence-electron chi connectivity index (χ4n) is 4.05. The van der Waals surface area contributed by atoms with E-state index in [4.69, 9.17) is 4.74 Å². The first kappa shape index (κ1) is 22.9. The van der Waals surface area contributed by atoms with Gasteiger partial charge in [-0.25, -0.2) is 14.5 Å². The van der Waals surface area contributed by atoms with Crippen LogP contribution in [0.1, 0.15) is 38.0 Å². The highest BCUT2D eigenvalue weighted by Gasteiger charge is 2.32. The van der Waals surface area contributed by atoms with Crippen molar-refractivity contribution in [3.63, 3.8) is 0 Å². The molecule has 36 heavy (non-hydrogen) atoms. The van der Waals surface area contributed by atoms with E-state index >= 15 is 0 Å². The van der Waals surface area contributed by atoms with E-state index in [-0.39, 0.29) is 16.7 Å². The number of imide groups is 1. The van der Waals surface area contributed by atoms with Gasteiger partial charge in [-0.05, 0) is 31.2 Å². The molecule has 5 rings (SSSR count). The number of hydrogen-bond donors (Lipinski definition) is 1. The minimum atomic E-state index is -0.693. The lowest BCUT2D eigenvalue weighted by atomic mass is 10.1. The molecule has 1 aliphatic rings. The number of pyridine rings is 1. The Morgan fingerprint density at radius 3 is 2.50 bits per heavy atom. The molecule has 0 radical (unpaired) electrons. The van der Waals surface area contributed by atoms with E-state index in [1.54, 1.807) is 16.9 Å². The molecule has 10 heteroatoms. The van der Waals surface area contributed by atoms with Crippen molar-refractivity contribution in [1.82, 2.24) is 19.7 Å².